The molecule has 0 aromatic heterocycles. The molecule has 5 unspecified atom stereocenters. The number of benzene rings is 1. The minimum absolute atomic E-state index is 0.0272. The first kappa shape index (κ1) is 26.8. The van der Waals surface area contributed by atoms with Gasteiger partial charge in [-0.2, -0.15) is 0 Å². The number of thioether (sulfide) groups is 1. The molecule has 0 fully saturated rings. The van der Waals surface area contributed by atoms with Crippen LogP contribution in [0.3, 0.4) is 0 Å². The first-order chi connectivity index (χ1) is 11.1. The zero-order valence-corrected chi connectivity index (χ0v) is 23.5. The largest absolute Gasteiger partial charge is 0.468 e. The Morgan fingerprint density at radius 2 is 1.79 bits per heavy atom. The summed E-state index contributed by atoms with van der Waals surface area (Å²) < 4.78 is 30.9. The maximum absolute atomic E-state index is 13.3. The van der Waals surface area contributed by atoms with Crippen LogP contribution in [0.2, 0.25) is 0 Å². The van der Waals surface area contributed by atoms with Crippen molar-refractivity contribution in [3.63, 3.8) is 0 Å². The number of halogens is 3. The highest BCUT2D eigenvalue weighted by atomic mass is 79.9. The highest BCUT2D eigenvalue weighted by Gasteiger charge is 2.12. The molecule has 0 saturated heterocycles. The lowest BCUT2D eigenvalue weighted by Crippen LogP contribution is -2.03. The summed E-state index contributed by atoms with van der Waals surface area (Å²) in [7, 11) is 15.7. The molecular weight excluding hydrogens is 550 g/mol. The van der Waals surface area contributed by atoms with Gasteiger partial charge in [-0.15, -0.1) is 56.4 Å². The van der Waals surface area contributed by atoms with Gasteiger partial charge in [0.05, 0.1) is 12.9 Å². The Bertz CT molecular complexity index is 532. The zero-order valence-electron chi connectivity index (χ0n) is 12.7. The number of alkyl halides is 1. The molecule has 0 aliphatic rings. The van der Waals surface area contributed by atoms with Gasteiger partial charge in [0.15, 0.2) is 0 Å². The van der Waals surface area contributed by atoms with Crippen LogP contribution < -0.4 is 0 Å². The van der Waals surface area contributed by atoms with E-state index in [1.54, 1.807) is 6.07 Å². The summed E-state index contributed by atoms with van der Waals surface area (Å²) in [6, 6.07) is 2.77. The first-order valence-electron chi connectivity index (χ1n) is 6.01. The summed E-state index contributed by atoms with van der Waals surface area (Å²) in [6.07, 6.45) is 0. The van der Waals surface area contributed by atoms with Gasteiger partial charge < -0.3 is 4.74 Å². The summed E-state index contributed by atoms with van der Waals surface area (Å²) in [5.41, 5.74) is -0.0305. The second kappa shape index (κ2) is 14.8. The Morgan fingerprint density at radius 1 is 1.25 bits per heavy atom. The number of ether oxygens (including phenoxy) is 1. The summed E-state index contributed by atoms with van der Waals surface area (Å²) >= 11 is 4.16. The standard InChI is InChI=1S/C10H9BrF2O2S.H10P8/c1-15-10(14)5-16-9-3-6(11)2-8(13)7(9)4-12;1-6(2)8(5)7(3)4/h2-3H,4-5H2,1H3;1-5H2. The smallest absolute Gasteiger partial charge is 0.315 e. The Morgan fingerprint density at radius 3 is 2.17 bits per heavy atom. The molecule has 14 heteroatoms. The minimum Gasteiger partial charge on any atom is -0.468 e. The number of carbonyl (C=O) groups is 1. The van der Waals surface area contributed by atoms with Crippen molar-refractivity contribution >= 4 is 99.3 Å². The normalized spacial score (nSPS) is 10.8. The van der Waals surface area contributed by atoms with Gasteiger partial charge in [0, 0.05) is 14.9 Å². The van der Waals surface area contributed by atoms with Crippen molar-refractivity contribution in [3.8, 4) is 0 Å². The van der Waals surface area contributed by atoms with E-state index < -0.39 is 18.5 Å². The van der Waals surface area contributed by atoms with E-state index in [2.05, 4.69) is 65.3 Å². The summed E-state index contributed by atoms with van der Waals surface area (Å²) in [5, 5.41) is 0. The SMILES string of the molecule is COC(=O)CSc1cc(Br)cc(F)c1CF.PP(P)P(P)P(P)P. The Kier molecular flexibility index (Phi) is 16.5. The van der Waals surface area contributed by atoms with Crippen molar-refractivity contribution in [2.24, 2.45) is 0 Å². The van der Waals surface area contributed by atoms with E-state index in [1.165, 1.54) is 13.2 Å². The minimum atomic E-state index is -0.900. The van der Waals surface area contributed by atoms with E-state index in [0.29, 0.717) is 9.37 Å². The second-order valence-electron chi connectivity index (χ2n) is 3.94. The predicted octanol–water partition coefficient (Wildman–Crippen LogP) is 7.54. The molecule has 24 heavy (non-hydrogen) atoms. The van der Waals surface area contributed by atoms with Crippen LogP contribution in [-0.2, 0) is 16.2 Å². The van der Waals surface area contributed by atoms with Crippen LogP contribution >= 0.6 is 93.3 Å². The van der Waals surface area contributed by atoms with Crippen molar-refractivity contribution in [2.75, 3.05) is 12.9 Å². The van der Waals surface area contributed by atoms with Crippen molar-refractivity contribution in [1.82, 2.24) is 0 Å². The Hall–Kier alpha value is 2.82. The van der Waals surface area contributed by atoms with E-state index in [1.807, 2.05) is 0 Å². The monoisotopic (exact) mass is 568 g/mol. The van der Waals surface area contributed by atoms with Crippen LogP contribution in [0.25, 0.3) is 0 Å². The highest BCUT2D eigenvalue weighted by molar-refractivity contribution is 9.10. The second-order valence-corrected chi connectivity index (χ2v) is 34.0. The van der Waals surface area contributed by atoms with Crippen molar-refractivity contribution in [2.45, 2.75) is 11.6 Å². The van der Waals surface area contributed by atoms with Crippen LogP contribution in [0.5, 0.6) is 0 Å². The van der Waals surface area contributed by atoms with E-state index in [0.717, 1.165) is 11.8 Å². The average Bonchev–Trinajstić information content (AvgIpc) is 2.51. The Labute approximate surface area is 169 Å². The summed E-state index contributed by atoms with van der Waals surface area (Å²) in [6.45, 7) is -0.406. The molecule has 1 aromatic rings. The van der Waals surface area contributed by atoms with Crippen LogP contribution in [0, 0.1) is 5.82 Å². The third kappa shape index (κ3) is 11.0. The number of rotatable bonds is 6. The maximum atomic E-state index is 13.3. The number of carbonyl (C=O) groups excluding carboxylic acids is 1. The van der Waals surface area contributed by atoms with Crippen molar-refractivity contribution < 1.29 is 18.3 Å². The molecule has 0 aliphatic carbocycles. The first-order valence-corrected chi connectivity index (χ1v) is 21.3. The molecule has 138 valence electrons. The third-order valence-electron chi connectivity index (χ3n) is 2.30. The van der Waals surface area contributed by atoms with Crippen molar-refractivity contribution in [1.29, 1.82) is 0 Å². The summed E-state index contributed by atoms with van der Waals surface area (Å²) in [4.78, 5) is 11.3. The molecule has 0 heterocycles. The van der Waals surface area contributed by atoms with Crippen LogP contribution in [0.1, 0.15) is 5.56 Å². The molecule has 2 nitrogen and oxygen atoms in total. The highest BCUT2D eigenvalue weighted by Crippen LogP contribution is 3.00. The molecule has 1 aromatic carbocycles. The molecule has 0 aliphatic heterocycles. The molecular formula is C10H19BrF2O2P8S. The zero-order chi connectivity index (χ0) is 18.9. The number of esters is 1. The fourth-order valence-electron chi connectivity index (χ4n) is 1.15. The van der Waals surface area contributed by atoms with E-state index >= 15 is 0 Å². The van der Waals surface area contributed by atoms with Gasteiger partial charge in [-0.05, 0) is 33.1 Å². The number of hydrogen-bond donors (Lipinski definition) is 0. The quantitative estimate of drug-likeness (QED) is 0.201. The van der Waals surface area contributed by atoms with Crippen molar-refractivity contribution in [3.05, 3.63) is 28.0 Å². The fraction of sp³-hybridized carbons (Fsp3) is 0.300. The lowest BCUT2D eigenvalue weighted by molar-refractivity contribution is -0.137. The molecule has 1 rings (SSSR count). The molecule has 0 radical (unpaired) electrons. The molecule has 0 N–H and O–H groups in total. The van der Waals surface area contributed by atoms with Gasteiger partial charge in [0.2, 0.25) is 0 Å². The van der Waals surface area contributed by atoms with Crippen LogP contribution in [0.15, 0.2) is 21.5 Å². The molecule has 0 spiro atoms. The number of hydrogen-bond acceptors (Lipinski definition) is 3. The van der Waals surface area contributed by atoms with Gasteiger partial charge in [-0.1, -0.05) is 15.9 Å². The third-order valence-corrected chi connectivity index (χ3v) is 41.7. The van der Waals surface area contributed by atoms with Crippen LogP contribution in [0.4, 0.5) is 8.78 Å². The van der Waals surface area contributed by atoms with Gasteiger partial charge in [-0.25, -0.2) is 8.78 Å². The van der Waals surface area contributed by atoms with Gasteiger partial charge in [0.25, 0.3) is 0 Å². The van der Waals surface area contributed by atoms with Gasteiger partial charge >= 0.3 is 5.97 Å². The molecule has 0 bridgehead atoms. The van der Waals surface area contributed by atoms with Gasteiger partial charge in [-0.3, -0.25) is 4.79 Å². The lowest BCUT2D eigenvalue weighted by atomic mass is 10.2. The van der Waals surface area contributed by atoms with E-state index in [-0.39, 0.29) is 32.3 Å². The number of methoxy groups -OCH3 is 1. The van der Waals surface area contributed by atoms with E-state index in [4.69, 9.17) is 0 Å². The van der Waals surface area contributed by atoms with E-state index in [9.17, 15) is 13.6 Å². The predicted molar refractivity (Wildman–Crippen MR) is 131 cm³/mol. The molecule has 5 atom stereocenters. The molecule has 0 saturated carbocycles. The van der Waals surface area contributed by atoms with Gasteiger partial charge in [0.1, 0.15) is 12.5 Å². The topological polar surface area (TPSA) is 26.3 Å². The maximum Gasteiger partial charge on any atom is 0.315 e. The average molecular weight is 569 g/mol. The van der Waals surface area contributed by atoms with Crippen LogP contribution in [-0.4, -0.2) is 18.8 Å². The fourth-order valence-corrected chi connectivity index (χ4v) is 31.5. The molecule has 0 amide bonds. The summed E-state index contributed by atoms with van der Waals surface area (Å²) in [5.74, 6) is -1.03. The lowest BCUT2D eigenvalue weighted by Gasteiger charge is -2.18. The Balaban J connectivity index is 0.000000561.